The molecular formula is C18H20F4N4O3S2. The molecule has 2 amide bonds. The lowest BCUT2D eigenvalue weighted by atomic mass is 10.1. The molecule has 7 nitrogen and oxygen atoms in total. The van der Waals surface area contributed by atoms with Crippen molar-refractivity contribution in [3.8, 4) is 0 Å². The van der Waals surface area contributed by atoms with Gasteiger partial charge in [0, 0.05) is 16.3 Å². The summed E-state index contributed by atoms with van der Waals surface area (Å²) in [6, 6.07) is 0.865. The monoisotopic (exact) mass is 480 g/mol. The Hall–Kier alpha value is -2.09. The molecule has 3 rings (SSSR count). The Morgan fingerprint density at radius 3 is 2.61 bits per heavy atom. The van der Waals surface area contributed by atoms with E-state index in [-0.39, 0.29) is 16.3 Å². The first-order valence-electron chi connectivity index (χ1n) is 9.12. The third kappa shape index (κ3) is 5.59. The van der Waals surface area contributed by atoms with Crippen molar-refractivity contribution >= 4 is 33.0 Å². The highest BCUT2D eigenvalue weighted by atomic mass is 32.2. The summed E-state index contributed by atoms with van der Waals surface area (Å²) in [5, 5.41) is 17.9. The van der Waals surface area contributed by atoms with Crippen LogP contribution in [0.1, 0.15) is 42.1 Å². The van der Waals surface area contributed by atoms with Crippen LogP contribution in [-0.2, 0) is 34.8 Å². The van der Waals surface area contributed by atoms with Gasteiger partial charge in [0.05, 0.1) is 17.7 Å². The minimum atomic E-state index is -4.48. The van der Waals surface area contributed by atoms with Gasteiger partial charge in [-0.15, -0.1) is 15.7 Å². The summed E-state index contributed by atoms with van der Waals surface area (Å²) in [5.41, 5.74) is -0.589. The Morgan fingerprint density at radius 2 is 2.03 bits per heavy atom. The maximum atomic E-state index is 14.2. The molecule has 1 atom stereocenters. The van der Waals surface area contributed by atoms with Crippen molar-refractivity contribution in [2.75, 3.05) is 5.32 Å². The van der Waals surface area contributed by atoms with Gasteiger partial charge in [-0.1, -0.05) is 0 Å². The van der Waals surface area contributed by atoms with E-state index >= 15 is 0 Å². The van der Waals surface area contributed by atoms with Crippen molar-refractivity contribution in [2.24, 2.45) is 9.50 Å². The van der Waals surface area contributed by atoms with Crippen molar-refractivity contribution < 1.29 is 31.7 Å². The molecule has 0 saturated carbocycles. The number of anilines is 1. The molecule has 13 heteroatoms. The number of alkyl halides is 3. The largest absolute Gasteiger partial charge is 0.394 e. The predicted molar refractivity (Wildman–Crippen MR) is 108 cm³/mol. The summed E-state index contributed by atoms with van der Waals surface area (Å²) >= 11 is 0.616. The van der Waals surface area contributed by atoms with E-state index in [1.807, 2.05) is 0 Å². The number of aromatic nitrogens is 1. The van der Waals surface area contributed by atoms with E-state index in [9.17, 15) is 31.7 Å². The molecule has 0 aromatic carbocycles. The molecule has 0 unspecified atom stereocenters. The SMILES string of the molecule is CC(C)(O)c1cc(F)c([S@](N)(=O)=NC(=O)Nc2cc(CC(F)(F)F)nc3c2CCC3)s1. The second kappa shape index (κ2) is 8.11. The van der Waals surface area contributed by atoms with Crippen LogP contribution in [0.15, 0.2) is 20.7 Å². The van der Waals surface area contributed by atoms with E-state index in [0.29, 0.717) is 41.9 Å². The van der Waals surface area contributed by atoms with Crippen molar-refractivity contribution in [1.82, 2.24) is 4.98 Å². The molecule has 0 fully saturated rings. The summed E-state index contributed by atoms with van der Waals surface area (Å²) in [7, 11) is -4.00. The van der Waals surface area contributed by atoms with Crippen molar-refractivity contribution in [3.63, 3.8) is 0 Å². The number of fused-ring (bicyclic) bond motifs is 1. The summed E-state index contributed by atoms with van der Waals surface area (Å²) in [4.78, 5) is 16.5. The van der Waals surface area contributed by atoms with Crippen LogP contribution in [-0.4, -0.2) is 26.5 Å². The number of hydrogen-bond acceptors (Lipinski definition) is 5. The third-order valence-corrected chi connectivity index (χ3v) is 7.82. The van der Waals surface area contributed by atoms with Gasteiger partial charge in [0.25, 0.3) is 0 Å². The lowest BCUT2D eigenvalue weighted by molar-refractivity contribution is -0.127. The first kappa shape index (κ1) is 23.6. The topological polar surface area (TPSA) is 118 Å². The Kier molecular flexibility index (Phi) is 6.17. The first-order valence-corrected chi connectivity index (χ1v) is 11.5. The standard InChI is InChI=1S/C18H20F4N4O3S2/c1-17(2,28)14-7-11(19)15(30-14)31(23,29)26-16(27)25-13-6-9(8-18(20,21)22)24-12-5-3-4-10(12)13/h6-7,28H,3-5,8H2,1-2H3,(H3,23,24,25,26,27,29)/t31-/m1/s1. The highest BCUT2D eigenvalue weighted by molar-refractivity contribution is 7.93. The molecule has 1 aliphatic carbocycles. The molecule has 0 aliphatic heterocycles. The number of carbonyl (C=O) groups excluding carboxylic acids is 1. The molecule has 4 N–H and O–H groups in total. The molecule has 2 aromatic heterocycles. The molecule has 0 spiro atoms. The lowest BCUT2D eigenvalue weighted by Gasteiger charge is -2.13. The van der Waals surface area contributed by atoms with Crippen molar-refractivity contribution in [1.29, 1.82) is 0 Å². The minimum absolute atomic E-state index is 0.0783. The highest BCUT2D eigenvalue weighted by Crippen LogP contribution is 2.34. The number of amides is 2. The zero-order valence-electron chi connectivity index (χ0n) is 16.5. The van der Waals surface area contributed by atoms with Gasteiger partial charge in [0.2, 0.25) is 0 Å². The number of halogens is 4. The van der Waals surface area contributed by atoms with E-state index in [1.54, 1.807) is 0 Å². The fourth-order valence-corrected chi connectivity index (χ4v) is 5.50. The molecule has 0 radical (unpaired) electrons. The van der Waals surface area contributed by atoms with Crippen LogP contribution < -0.4 is 10.5 Å². The second-order valence-electron chi connectivity index (χ2n) is 7.63. The maximum absolute atomic E-state index is 14.2. The number of nitrogens with zero attached hydrogens (tertiary/aromatic N) is 2. The van der Waals surface area contributed by atoms with Crippen LogP contribution in [0.3, 0.4) is 0 Å². The summed E-state index contributed by atoms with van der Waals surface area (Å²) in [6.45, 7) is 2.79. The van der Waals surface area contributed by atoms with E-state index < -0.39 is 44.2 Å². The maximum Gasteiger partial charge on any atom is 0.394 e. The summed E-state index contributed by atoms with van der Waals surface area (Å²) < 4.78 is 68.1. The van der Waals surface area contributed by atoms with Crippen LogP contribution in [0, 0.1) is 5.82 Å². The van der Waals surface area contributed by atoms with E-state index in [0.717, 1.165) is 12.1 Å². The van der Waals surface area contributed by atoms with Crippen molar-refractivity contribution in [3.05, 3.63) is 39.8 Å². The molecule has 1 aliphatic rings. The van der Waals surface area contributed by atoms with Gasteiger partial charge in [-0.05, 0) is 50.8 Å². The Labute approximate surface area is 180 Å². The van der Waals surface area contributed by atoms with Gasteiger partial charge >= 0.3 is 12.2 Å². The zero-order valence-corrected chi connectivity index (χ0v) is 18.2. The molecule has 170 valence electrons. The number of nitrogens with two attached hydrogens (primary N) is 1. The average molecular weight is 481 g/mol. The number of nitrogens with one attached hydrogen (secondary N) is 1. The highest BCUT2D eigenvalue weighted by Gasteiger charge is 2.30. The van der Waals surface area contributed by atoms with Gasteiger partial charge in [-0.3, -0.25) is 4.98 Å². The Morgan fingerprint density at radius 1 is 1.35 bits per heavy atom. The third-order valence-electron chi connectivity index (χ3n) is 4.47. The van der Waals surface area contributed by atoms with Crippen LogP contribution in [0.4, 0.5) is 28.0 Å². The van der Waals surface area contributed by atoms with Gasteiger partial charge in [-0.25, -0.2) is 18.5 Å². The number of thiophene rings is 1. The molecule has 31 heavy (non-hydrogen) atoms. The number of rotatable bonds is 4. The normalized spacial score (nSPS) is 16.0. The van der Waals surface area contributed by atoms with E-state index in [2.05, 4.69) is 14.7 Å². The minimum Gasteiger partial charge on any atom is -0.385 e. The fourth-order valence-electron chi connectivity index (χ4n) is 3.16. The number of hydrogen-bond donors (Lipinski definition) is 3. The molecular weight excluding hydrogens is 460 g/mol. The number of aryl methyl sites for hydroxylation is 1. The second-order valence-corrected chi connectivity index (χ2v) is 10.7. The molecule has 2 aromatic rings. The van der Waals surface area contributed by atoms with Crippen LogP contribution in [0.2, 0.25) is 0 Å². The zero-order chi connectivity index (χ0) is 23.2. The number of carbonyl (C=O) groups is 1. The van der Waals surface area contributed by atoms with Crippen LogP contribution in [0.5, 0.6) is 0 Å². The smallest absolute Gasteiger partial charge is 0.385 e. The summed E-state index contributed by atoms with van der Waals surface area (Å²) in [6.07, 6.45) is -4.13. The fraction of sp³-hybridized carbons (Fsp3) is 0.444. The number of urea groups is 1. The number of aliphatic hydroxyl groups is 1. The molecule has 0 saturated heterocycles. The lowest BCUT2D eigenvalue weighted by Crippen LogP contribution is -2.19. The van der Waals surface area contributed by atoms with Crippen LogP contribution >= 0.6 is 11.3 Å². The van der Waals surface area contributed by atoms with Gasteiger partial charge in [-0.2, -0.15) is 13.2 Å². The quantitative estimate of drug-likeness (QED) is 0.573. The van der Waals surface area contributed by atoms with Gasteiger partial charge < -0.3 is 10.4 Å². The van der Waals surface area contributed by atoms with Crippen molar-refractivity contribution in [2.45, 2.75) is 55.5 Å². The molecule has 0 bridgehead atoms. The van der Waals surface area contributed by atoms with E-state index in [1.165, 1.54) is 13.8 Å². The van der Waals surface area contributed by atoms with Gasteiger partial charge in [0.1, 0.15) is 0 Å². The molecule has 2 heterocycles. The summed E-state index contributed by atoms with van der Waals surface area (Å²) in [5.74, 6) is -0.983. The van der Waals surface area contributed by atoms with Gasteiger partial charge in [0.15, 0.2) is 19.9 Å². The number of pyridine rings is 1. The average Bonchev–Trinajstić information content (AvgIpc) is 3.18. The van der Waals surface area contributed by atoms with E-state index in [4.69, 9.17) is 5.14 Å². The Bertz CT molecular complexity index is 1150. The first-order chi connectivity index (χ1) is 14.2. The van der Waals surface area contributed by atoms with Crippen LogP contribution in [0.25, 0.3) is 0 Å². The Balaban J connectivity index is 1.92. The predicted octanol–water partition coefficient (Wildman–Crippen LogP) is 4.04.